The molecule has 114 valence electrons. The summed E-state index contributed by atoms with van der Waals surface area (Å²) in [5.74, 6) is 0.396. The van der Waals surface area contributed by atoms with Crippen LogP contribution in [0.15, 0.2) is 51.8 Å². The first-order valence-electron chi connectivity index (χ1n) is 6.50. The number of benzene rings is 2. The maximum Gasteiger partial charge on any atom is 0.294 e. The topological polar surface area (TPSA) is 83.6 Å². The van der Waals surface area contributed by atoms with Crippen LogP contribution in [0, 0.1) is 0 Å². The Morgan fingerprint density at radius 2 is 1.77 bits per heavy atom. The van der Waals surface area contributed by atoms with Crippen LogP contribution in [0.5, 0.6) is 0 Å². The highest BCUT2D eigenvalue weighted by Gasteiger charge is 2.14. The third-order valence-electron chi connectivity index (χ3n) is 3.29. The normalized spacial score (nSPS) is 11.8. The predicted molar refractivity (Wildman–Crippen MR) is 83.6 cm³/mol. The van der Waals surface area contributed by atoms with Gasteiger partial charge in [0.1, 0.15) is 5.52 Å². The molecule has 1 aromatic heterocycles. The van der Waals surface area contributed by atoms with E-state index in [0.717, 1.165) is 11.3 Å². The highest BCUT2D eigenvalue weighted by Crippen LogP contribution is 2.27. The van der Waals surface area contributed by atoms with Crippen molar-refractivity contribution in [1.82, 2.24) is 4.98 Å². The Morgan fingerprint density at radius 1 is 1.09 bits per heavy atom. The molecule has 0 unspecified atom stereocenters. The van der Waals surface area contributed by atoms with Crippen LogP contribution in [-0.2, 0) is 10.1 Å². The van der Waals surface area contributed by atoms with E-state index in [1.165, 1.54) is 18.2 Å². The molecule has 1 N–H and O–H groups in total. The molecule has 0 aliphatic heterocycles. The Bertz CT molecular complexity index is 928. The molecular weight excluding hydrogens is 304 g/mol. The number of oxazole rings is 1. The molecule has 2 aromatic carbocycles. The smallest absolute Gasteiger partial charge is 0.294 e. The van der Waals surface area contributed by atoms with E-state index in [9.17, 15) is 8.42 Å². The Balaban J connectivity index is 2.05. The quantitative estimate of drug-likeness (QED) is 0.748. The summed E-state index contributed by atoms with van der Waals surface area (Å²) in [6.45, 7) is 0. The van der Waals surface area contributed by atoms with E-state index in [1.54, 1.807) is 0 Å². The maximum absolute atomic E-state index is 11.1. The molecule has 0 saturated carbocycles. The molecule has 3 aromatic rings. The predicted octanol–water partition coefficient (Wildman–Crippen LogP) is 2.81. The van der Waals surface area contributed by atoms with Crippen molar-refractivity contribution in [3.05, 3.63) is 42.5 Å². The van der Waals surface area contributed by atoms with Gasteiger partial charge in [0.25, 0.3) is 10.1 Å². The molecule has 0 spiro atoms. The summed E-state index contributed by atoms with van der Waals surface area (Å²) in [5.41, 5.74) is 2.67. The summed E-state index contributed by atoms with van der Waals surface area (Å²) in [5, 5.41) is 0. The average Bonchev–Trinajstić information content (AvgIpc) is 2.89. The van der Waals surface area contributed by atoms with Crippen molar-refractivity contribution in [2.45, 2.75) is 4.90 Å². The molecule has 1 heterocycles. The lowest BCUT2D eigenvalue weighted by atomic mass is 10.2. The van der Waals surface area contributed by atoms with Gasteiger partial charge in [-0.1, -0.05) is 0 Å². The lowest BCUT2D eigenvalue weighted by Crippen LogP contribution is -2.07. The fourth-order valence-electron chi connectivity index (χ4n) is 2.09. The first-order valence-corrected chi connectivity index (χ1v) is 7.94. The molecule has 0 radical (unpaired) electrons. The summed E-state index contributed by atoms with van der Waals surface area (Å²) >= 11 is 0. The third-order valence-corrected chi connectivity index (χ3v) is 4.14. The van der Waals surface area contributed by atoms with Crippen LogP contribution in [0.3, 0.4) is 0 Å². The van der Waals surface area contributed by atoms with Gasteiger partial charge in [0.15, 0.2) is 5.58 Å². The molecule has 0 saturated heterocycles. The molecule has 3 rings (SSSR count). The number of aromatic nitrogens is 1. The van der Waals surface area contributed by atoms with Crippen molar-refractivity contribution in [1.29, 1.82) is 0 Å². The Morgan fingerprint density at radius 3 is 2.36 bits per heavy atom. The van der Waals surface area contributed by atoms with Crippen molar-refractivity contribution in [2.24, 2.45) is 0 Å². The molecule has 0 atom stereocenters. The minimum Gasteiger partial charge on any atom is -0.436 e. The van der Waals surface area contributed by atoms with E-state index in [4.69, 9.17) is 8.97 Å². The maximum atomic E-state index is 11.1. The molecular formula is C15H14N2O4S. The van der Waals surface area contributed by atoms with Gasteiger partial charge in [0.05, 0.1) is 4.90 Å². The third kappa shape index (κ3) is 2.68. The molecule has 0 aliphatic carbocycles. The lowest BCUT2D eigenvalue weighted by Gasteiger charge is -2.11. The first kappa shape index (κ1) is 14.6. The number of nitrogens with zero attached hydrogens (tertiary/aromatic N) is 2. The average molecular weight is 318 g/mol. The molecule has 22 heavy (non-hydrogen) atoms. The Labute approximate surface area is 127 Å². The van der Waals surface area contributed by atoms with E-state index >= 15 is 0 Å². The molecule has 0 bridgehead atoms. The Kier molecular flexibility index (Phi) is 3.38. The number of rotatable bonds is 3. The SMILES string of the molecule is CN(C)c1ccc(-c2nc3ccc(S(=O)(=O)O)cc3o2)cc1. The van der Waals surface area contributed by atoms with Crippen molar-refractivity contribution in [3.8, 4) is 11.5 Å². The molecule has 7 heteroatoms. The number of hydrogen-bond donors (Lipinski definition) is 1. The van der Waals surface area contributed by atoms with Crippen molar-refractivity contribution in [2.75, 3.05) is 19.0 Å². The zero-order valence-electron chi connectivity index (χ0n) is 12.0. The van der Waals surface area contributed by atoms with E-state index in [0.29, 0.717) is 17.0 Å². The summed E-state index contributed by atoms with van der Waals surface area (Å²) in [4.78, 5) is 6.09. The van der Waals surface area contributed by atoms with Crippen LogP contribution in [0.1, 0.15) is 0 Å². The summed E-state index contributed by atoms with van der Waals surface area (Å²) in [6.07, 6.45) is 0. The van der Waals surface area contributed by atoms with Crippen LogP contribution in [0.4, 0.5) is 5.69 Å². The van der Waals surface area contributed by atoms with Gasteiger partial charge < -0.3 is 9.32 Å². The summed E-state index contributed by atoms with van der Waals surface area (Å²) in [6, 6.07) is 11.7. The Hall–Kier alpha value is -2.38. The van der Waals surface area contributed by atoms with Gasteiger partial charge in [-0.05, 0) is 36.4 Å². The van der Waals surface area contributed by atoms with Crippen LogP contribution in [0.25, 0.3) is 22.6 Å². The highest BCUT2D eigenvalue weighted by atomic mass is 32.2. The number of anilines is 1. The fraction of sp³-hybridized carbons (Fsp3) is 0.133. The second kappa shape index (κ2) is 5.11. The van der Waals surface area contributed by atoms with Crippen LogP contribution < -0.4 is 4.90 Å². The monoisotopic (exact) mass is 318 g/mol. The van der Waals surface area contributed by atoms with Crippen LogP contribution >= 0.6 is 0 Å². The van der Waals surface area contributed by atoms with Gasteiger partial charge >= 0.3 is 0 Å². The number of fused-ring (bicyclic) bond motifs is 1. The largest absolute Gasteiger partial charge is 0.436 e. The van der Waals surface area contributed by atoms with E-state index in [2.05, 4.69) is 4.98 Å². The van der Waals surface area contributed by atoms with Gasteiger partial charge in [0.2, 0.25) is 5.89 Å². The van der Waals surface area contributed by atoms with Crippen molar-refractivity contribution >= 4 is 26.9 Å². The first-order chi connectivity index (χ1) is 10.3. The lowest BCUT2D eigenvalue weighted by molar-refractivity contribution is 0.483. The molecule has 6 nitrogen and oxygen atoms in total. The van der Waals surface area contributed by atoms with Gasteiger partial charge in [-0.25, -0.2) is 4.98 Å². The van der Waals surface area contributed by atoms with Crippen molar-refractivity contribution in [3.63, 3.8) is 0 Å². The fourth-order valence-corrected chi connectivity index (χ4v) is 2.59. The van der Waals surface area contributed by atoms with E-state index < -0.39 is 10.1 Å². The second-order valence-electron chi connectivity index (χ2n) is 5.06. The van der Waals surface area contributed by atoms with Crippen LogP contribution in [-0.4, -0.2) is 32.0 Å². The number of hydrogen-bond acceptors (Lipinski definition) is 5. The van der Waals surface area contributed by atoms with Gasteiger partial charge in [-0.3, -0.25) is 4.55 Å². The van der Waals surface area contributed by atoms with E-state index in [-0.39, 0.29) is 4.90 Å². The van der Waals surface area contributed by atoms with E-state index in [1.807, 2.05) is 43.3 Å². The zero-order valence-corrected chi connectivity index (χ0v) is 12.8. The minimum absolute atomic E-state index is 0.217. The molecule has 0 amide bonds. The minimum atomic E-state index is -4.26. The summed E-state index contributed by atoms with van der Waals surface area (Å²) < 4.78 is 36.9. The van der Waals surface area contributed by atoms with Gasteiger partial charge in [-0.15, -0.1) is 0 Å². The summed E-state index contributed by atoms with van der Waals surface area (Å²) in [7, 11) is -0.359. The zero-order chi connectivity index (χ0) is 15.9. The van der Waals surface area contributed by atoms with Crippen molar-refractivity contribution < 1.29 is 17.4 Å². The van der Waals surface area contributed by atoms with Gasteiger partial charge in [0, 0.05) is 31.4 Å². The highest BCUT2D eigenvalue weighted by molar-refractivity contribution is 7.85. The standard InChI is InChI=1S/C15H14N2O4S/c1-17(2)11-5-3-10(4-6-11)15-16-13-8-7-12(22(18,19)20)9-14(13)21-15/h3-9H,1-2H3,(H,18,19,20). The second-order valence-corrected chi connectivity index (χ2v) is 6.49. The van der Waals surface area contributed by atoms with Gasteiger partial charge in [-0.2, -0.15) is 8.42 Å². The van der Waals surface area contributed by atoms with Crippen LogP contribution in [0.2, 0.25) is 0 Å². The molecule has 0 aliphatic rings. The molecule has 0 fully saturated rings.